The number of amides is 1. The summed E-state index contributed by atoms with van der Waals surface area (Å²) >= 11 is 0. The summed E-state index contributed by atoms with van der Waals surface area (Å²) < 4.78 is 5.30. The Morgan fingerprint density at radius 1 is 1.17 bits per heavy atom. The van der Waals surface area contributed by atoms with Gasteiger partial charge in [0.2, 0.25) is 5.91 Å². The van der Waals surface area contributed by atoms with E-state index in [-0.39, 0.29) is 5.91 Å². The zero-order valence-electron chi connectivity index (χ0n) is 13.2. The van der Waals surface area contributed by atoms with Gasteiger partial charge in [0, 0.05) is 11.6 Å². The number of nitrogens with one attached hydrogen (secondary N) is 1. The van der Waals surface area contributed by atoms with Crippen molar-refractivity contribution in [3.05, 3.63) is 65.9 Å². The maximum Gasteiger partial charge on any atom is 0.228 e. The van der Waals surface area contributed by atoms with Gasteiger partial charge in [0.25, 0.3) is 0 Å². The second-order valence-electron chi connectivity index (χ2n) is 5.41. The van der Waals surface area contributed by atoms with E-state index in [0.717, 1.165) is 33.5 Å². The van der Waals surface area contributed by atoms with Crippen LogP contribution in [-0.4, -0.2) is 18.0 Å². The zero-order valence-corrected chi connectivity index (χ0v) is 13.2. The lowest BCUT2D eigenvalue weighted by molar-refractivity contribution is -0.115. The molecule has 23 heavy (non-hydrogen) atoms. The number of anilines is 1. The van der Waals surface area contributed by atoms with E-state index < -0.39 is 0 Å². The van der Waals surface area contributed by atoms with Crippen molar-refractivity contribution in [3.8, 4) is 5.75 Å². The van der Waals surface area contributed by atoms with Crippen molar-refractivity contribution in [2.75, 3.05) is 12.4 Å². The number of methoxy groups -OCH3 is 1. The Morgan fingerprint density at radius 3 is 2.83 bits per heavy atom. The molecule has 2 aromatic carbocycles. The van der Waals surface area contributed by atoms with Gasteiger partial charge in [-0.15, -0.1) is 0 Å². The molecule has 0 radical (unpaired) electrons. The van der Waals surface area contributed by atoms with E-state index in [1.54, 1.807) is 13.3 Å². The summed E-state index contributed by atoms with van der Waals surface area (Å²) in [7, 11) is 1.63. The fraction of sp³-hybridized carbons (Fsp3) is 0.158. The van der Waals surface area contributed by atoms with Gasteiger partial charge >= 0.3 is 0 Å². The van der Waals surface area contributed by atoms with Crippen LogP contribution in [0.5, 0.6) is 5.75 Å². The molecule has 1 amide bonds. The van der Waals surface area contributed by atoms with E-state index in [1.807, 2.05) is 55.5 Å². The van der Waals surface area contributed by atoms with E-state index in [0.29, 0.717) is 6.42 Å². The molecule has 1 heterocycles. The van der Waals surface area contributed by atoms with E-state index in [2.05, 4.69) is 10.3 Å². The van der Waals surface area contributed by atoms with Crippen molar-refractivity contribution < 1.29 is 9.53 Å². The highest BCUT2D eigenvalue weighted by Gasteiger charge is 2.09. The lowest BCUT2D eigenvalue weighted by Crippen LogP contribution is -2.15. The van der Waals surface area contributed by atoms with Crippen LogP contribution in [-0.2, 0) is 11.2 Å². The van der Waals surface area contributed by atoms with Gasteiger partial charge in [-0.1, -0.05) is 30.3 Å². The normalized spacial score (nSPS) is 10.5. The zero-order chi connectivity index (χ0) is 16.2. The van der Waals surface area contributed by atoms with Crippen LogP contribution in [0.3, 0.4) is 0 Å². The fourth-order valence-corrected chi connectivity index (χ4v) is 2.56. The second-order valence-corrected chi connectivity index (χ2v) is 5.41. The molecule has 4 nitrogen and oxygen atoms in total. The number of para-hydroxylation sites is 1. The third-order valence-electron chi connectivity index (χ3n) is 3.74. The molecule has 0 spiro atoms. The Bertz CT molecular complexity index is 854. The Labute approximate surface area is 135 Å². The van der Waals surface area contributed by atoms with Crippen molar-refractivity contribution in [1.82, 2.24) is 4.98 Å². The number of hydrogen-bond acceptors (Lipinski definition) is 3. The lowest BCUT2D eigenvalue weighted by atomic mass is 10.1. The minimum atomic E-state index is -0.0749. The molecular formula is C19H18N2O2. The first-order valence-corrected chi connectivity index (χ1v) is 7.44. The van der Waals surface area contributed by atoms with Crippen LogP contribution in [0, 0.1) is 6.92 Å². The number of ether oxygens (including phenoxy) is 1. The predicted octanol–water partition coefficient (Wildman–Crippen LogP) is 3.73. The molecular weight excluding hydrogens is 288 g/mol. The van der Waals surface area contributed by atoms with Crippen LogP contribution in [0.4, 0.5) is 5.69 Å². The largest absolute Gasteiger partial charge is 0.496 e. The van der Waals surface area contributed by atoms with E-state index in [9.17, 15) is 4.79 Å². The average molecular weight is 306 g/mol. The number of carbonyl (C=O) groups excluding carboxylic acids is 1. The van der Waals surface area contributed by atoms with Crippen LogP contribution < -0.4 is 10.1 Å². The number of aryl methyl sites for hydroxylation is 1. The summed E-state index contributed by atoms with van der Waals surface area (Å²) in [4.78, 5) is 16.7. The first-order chi connectivity index (χ1) is 11.2. The fourth-order valence-electron chi connectivity index (χ4n) is 2.56. The molecule has 0 saturated carbocycles. The number of nitrogens with zero attached hydrogens (tertiary/aromatic N) is 1. The quantitative estimate of drug-likeness (QED) is 0.799. The van der Waals surface area contributed by atoms with Gasteiger partial charge in [0.1, 0.15) is 5.75 Å². The highest BCUT2D eigenvalue weighted by atomic mass is 16.5. The molecule has 0 aliphatic carbocycles. The lowest BCUT2D eigenvalue weighted by Gasteiger charge is -2.10. The van der Waals surface area contributed by atoms with Gasteiger partial charge in [0.05, 0.1) is 24.7 Å². The number of fused-ring (bicyclic) bond motifs is 1. The SMILES string of the molecule is COc1cc(CC(=O)Nc2cccc3cccnc23)ccc1C. The monoisotopic (exact) mass is 306 g/mol. The van der Waals surface area contributed by atoms with E-state index in [1.165, 1.54) is 0 Å². The first-order valence-electron chi connectivity index (χ1n) is 7.44. The Hall–Kier alpha value is -2.88. The molecule has 0 aliphatic heterocycles. The third kappa shape index (κ3) is 3.31. The standard InChI is InChI=1S/C19H18N2O2/c1-13-8-9-14(11-17(13)23-2)12-18(22)21-16-7-3-5-15-6-4-10-20-19(15)16/h3-11H,12H2,1-2H3,(H,21,22). The predicted molar refractivity (Wildman–Crippen MR) is 91.8 cm³/mol. The van der Waals surface area contributed by atoms with Crippen molar-refractivity contribution in [1.29, 1.82) is 0 Å². The van der Waals surface area contributed by atoms with Crippen molar-refractivity contribution in [2.45, 2.75) is 13.3 Å². The van der Waals surface area contributed by atoms with Gasteiger partial charge in [0.15, 0.2) is 0 Å². The molecule has 116 valence electrons. The molecule has 1 aromatic heterocycles. The van der Waals surface area contributed by atoms with E-state index in [4.69, 9.17) is 4.74 Å². The maximum absolute atomic E-state index is 12.3. The van der Waals surface area contributed by atoms with Gasteiger partial charge in [-0.05, 0) is 36.2 Å². The summed E-state index contributed by atoms with van der Waals surface area (Å²) in [6.07, 6.45) is 2.02. The minimum absolute atomic E-state index is 0.0749. The molecule has 0 unspecified atom stereocenters. The number of pyridine rings is 1. The minimum Gasteiger partial charge on any atom is -0.496 e. The smallest absolute Gasteiger partial charge is 0.228 e. The second kappa shape index (κ2) is 6.48. The average Bonchev–Trinajstić information content (AvgIpc) is 2.57. The van der Waals surface area contributed by atoms with Crippen molar-refractivity contribution >= 4 is 22.5 Å². The number of benzene rings is 2. The van der Waals surface area contributed by atoms with Crippen molar-refractivity contribution in [3.63, 3.8) is 0 Å². The van der Waals surface area contributed by atoms with Gasteiger partial charge in [-0.2, -0.15) is 0 Å². The molecule has 0 aliphatic rings. The van der Waals surface area contributed by atoms with Gasteiger partial charge < -0.3 is 10.1 Å². The van der Waals surface area contributed by atoms with Crippen LogP contribution in [0.1, 0.15) is 11.1 Å². The summed E-state index contributed by atoms with van der Waals surface area (Å²) in [5.74, 6) is 0.719. The van der Waals surface area contributed by atoms with Gasteiger partial charge in [-0.25, -0.2) is 0 Å². The first kappa shape index (κ1) is 15.0. The molecule has 4 heteroatoms. The molecule has 1 N–H and O–H groups in total. The number of carbonyl (C=O) groups is 1. The number of aromatic nitrogens is 1. The Morgan fingerprint density at radius 2 is 2.00 bits per heavy atom. The summed E-state index contributed by atoms with van der Waals surface area (Å²) in [5, 5.41) is 3.95. The molecule has 0 atom stereocenters. The highest BCUT2D eigenvalue weighted by molar-refractivity contribution is 6.00. The summed E-state index contributed by atoms with van der Waals surface area (Å²) in [6, 6.07) is 15.4. The summed E-state index contributed by atoms with van der Waals surface area (Å²) in [5.41, 5.74) is 3.49. The molecule has 3 aromatic rings. The van der Waals surface area contributed by atoms with Crippen LogP contribution >= 0.6 is 0 Å². The molecule has 0 bridgehead atoms. The molecule has 0 saturated heterocycles. The van der Waals surface area contributed by atoms with Crippen LogP contribution in [0.15, 0.2) is 54.7 Å². The van der Waals surface area contributed by atoms with Crippen LogP contribution in [0.25, 0.3) is 10.9 Å². The maximum atomic E-state index is 12.3. The van der Waals surface area contributed by atoms with Crippen molar-refractivity contribution in [2.24, 2.45) is 0 Å². The summed E-state index contributed by atoms with van der Waals surface area (Å²) in [6.45, 7) is 1.98. The number of rotatable bonds is 4. The van der Waals surface area contributed by atoms with E-state index >= 15 is 0 Å². The Kier molecular flexibility index (Phi) is 4.24. The highest BCUT2D eigenvalue weighted by Crippen LogP contribution is 2.22. The third-order valence-corrected chi connectivity index (χ3v) is 3.74. The number of hydrogen-bond donors (Lipinski definition) is 1. The Balaban J connectivity index is 1.79. The van der Waals surface area contributed by atoms with Crippen LogP contribution in [0.2, 0.25) is 0 Å². The van der Waals surface area contributed by atoms with Gasteiger partial charge in [-0.3, -0.25) is 9.78 Å². The molecule has 3 rings (SSSR count). The topological polar surface area (TPSA) is 51.2 Å². The molecule has 0 fully saturated rings.